The van der Waals surface area contributed by atoms with Crippen LogP contribution in [0.4, 0.5) is 5.69 Å². The van der Waals surface area contributed by atoms with Crippen LogP contribution in [0, 0.1) is 5.92 Å². The smallest absolute Gasteiger partial charge is 0.262 e. The highest BCUT2D eigenvalue weighted by atomic mass is 16.2. The van der Waals surface area contributed by atoms with Crippen molar-refractivity contribution < 1.29 is 24.0 Å². The fraction of sp³-hybridized carbons (Fsp3) is 0.450. The van der Waals surface area contributed by atoms with Gasteiger partial charge < -0.3 is 19.8 Å². The molecule has 1 aromatic rings. The zero-order valence-electron chi connectivity index (χ0n) is 15.7. The van der Waals surface area contributed by atoms with Gasteiger partial charge in [0.05, 0.1) is 17.2 Å². The predicted molar refractivity (Wildman–Crippen MR) is 101 cm³/mol. The largest absolute Gasteiger partial charge is 0.371 e. The third-order valence-electron chi connectivity index (χ3n) is 5.43. The molecule has 1 saturated heterocycles. The average Bonchev–Trinajstić information content (AvgIpc) is 2.98. The second-order valence-corrected chi connectivity index (χ2v) is 7.09. The number of piperidine rings is 1. The summed E-state index contributed by atoms with van der Waals surface area (Å²) in [6, 6.07) is 4.10. The molecule has 1 N–H and O–H groups in total. The molecule has 0 aliphatic carbocycles. The van der Waals surface area contributed by atoms with Gasteiger partial charge in [0.25, 0.3) is 11.8 Å². The average molecular weight is 385 g/mol. The van der Waals surface area contributed by atoms with Crippen LogP contribution < -0.4 is 10.2 Å². The van der Waals surface area contributed by atoms with Crippen LogP contribution in [0.5, 0.6) is 0 Å². The Bertz CT molecular complexity index is 814. The number of rotatable bonds is 7. The van der Waals surface area contributed by atoms with E-state index in [1.807, 2.05) is 0 Å². The molecule has 1 fully saturated rings. The van der Waals surface area contributed by atoms with E-state index in [9.17, 15) is 24.0 Å². The summed E-state index contributed by atoms with van der Waals surface area (Å²) in [6.07, 6.45) is 3.16. The van der Waals surface area contributed by atoms with Crippen molar-refractivity contribution in [2.24, 2.45) is 5.92 Å². The molecule has 1 unspecified atom stereocenters. The first-order chi connectivity index (χ1) is 13.5. The van der Waals surface area contributed by atoms with E-state index in [1.54, 1.807) is 18.2 Å². The number of nitrogens with one attached hydrogen (secondary N) is 1. The Labute approximate surface area is 162 Å². The fourth-order valence-electron chi connectivity index (χ4n) is 3.70. The van der Waals surface area contributed by atoms with Crippen LogP contribution in [0.1, 0.15) is 46.4 Å². The highest BCUT2D eigenvalue weighted by molar-refractivity contribution is 6.22. The highest BCUT2D eigenvalue weighted by Crippen LogP contribution is 2.31. The molecule has 0 aromatic heterocycles. The normalized spacial score (nSPS) is 18.0. The van der Waals surface area contributed by atoms with E-state index in [2.05, 4.69) is 10.2 Å². The van der Waals surface area contributed by atoms with Crippen molar-refractivity contribution >= 4 is 36.0 Å². The number of fused-ring (bicyclic) bond motifs is 1. The minimum absolute atomic E-state index is 0.0459. The molecular weight excluding hydrogens is 362 g/mol. The fourth-order valence-corrected chi connectivity index (χ4v) is 3.70. The Kier molecular flexibility index (Phi) is 5.87. The first-order valence-electron chi connectivity index (χ1n) is 9.38. The molecule has 8 nitrogen and oxygen atoms in total. The van der Waals surface area contributed by atoms with Crippen LogP contribution in [-0.2, 0) is 14.4 Å². The van der Waals surface area contributed by atoms with Crippen molar-refractivity contribution in [2.45, 2.75) is 31.7 Å². The predicted octanol–water partition coefficient (Wildman–Crippen LogP) is 0.792. The van der Waals surface area contributed by atoms with Gasteiger partial charge in [0.2, 0.25) is 5.91 Å². The van der Waals surface area contributed by atoms with E-state index in [0.717, 1.165) is 29.7 Å². The molecule has 8 heteroatoms. The Balaban J connectivity index is 1.78. The van der Waals surface area contributed by atoms with Crippen LogP contribution in [-0.4, -0.2) is 61.4 Å². The van der Waals surface area contributed by atoms with Gasteiger partial charge in [0, 0.05) is 38.2 Å². The van der Waals surface area contributed by atoms with Crippen molar-refractivity contribution in [3.05, 3.63) is 29.3 Å². The van der Waals surface area contributed by atoms with Gasteiger partial charge in [-0.05, 0) is 37.5 Å². The van der Waals surface area contributed by atoms with Gasteiger partial charge in [0.15, 0.2) is 0 Å². The Morgan fingerprint density at radius 2 is 1.86 bits per heavy atom. The maximum Gasteiger partial charge on any atom is 0.262 e. The maximum absolute atomic E-state index is 12.8. The number of carbonyl (C=O) groups excluding carboxylic acids is 5. The minimum atomic E-state index is -0.975. The van der Waals surface area contributed by atoms with Crippen LogP contribution in [0.3, 0.4) is 0 Å². The molecule has 3 rings (SSSR count). The summed E-state index contributed by atoms with van der Waals surface area (Å²) in [7, 11) is 1.49. The van der Waals surface area contributed by atoms with Crippen LogP contribution in [0.2, 0.25) is 0 Å². The van der Waals surface area contributed by atoms with E-state index >= 15 is 0 Å². The lowest BCUT2D eigenvalue weighted by molar-refractivity contribution is -0.121. The zero-order chi connectivity index (χ0) is 20.3. The zero-order valence-corrected chi connectivity index (χ0v) is 15.7. The number of nitrogens with zero attached hydrogens (tertiary/aromatic N) is 2. The number of imide groups is 1. The van der Waals surface area contributed by atoms with Gasteiger partial charge in [-0.3, -0.25) is 19.3 Å². The summed E-state index contributed by atoms with van der Waals surface area (Å²) in [5.41, 5.74) is 1.36. The molecule has 2 aliphatic heterocycles. The highest BCUT2D eigenvalue weighted by Gasteiger charge is 2.40. The molecule has 0 spiro atoms. The molecule has 0 saturated carbocycles. The van der Waals surface area contributed by atoms with Gasteiger partial charge >= 0.3 is 0 Å². The number of amides is 3. The lowest BCUT2D eigenvalue weighted by atomic mass is 9.97. The summed E-state index contributed by atoms with van der Waals surface area (Å²) in [5, 5.41) is 2.46. The standard InChI is InChI=1S/C20H23N3O5/c1-21-18(26)5-3-15(12-25)23-19(27)16-4-2-14(10-17(16)20(23)28)22-8-6-13(11-24)7-9-22/h2,4,10-13,15H,3,5-9H2,1H3,(H,21,26). The molecule has 2 heterocycles. The molecule has 1 atom stereocenters. The molecule has 1 aromatic carbocycles. The second kappa shape index (κ2) is 8.33. The van der Waals surface area contributed by atoms with Crippen molar-refractivity contribution in [1.82, 2.24) is 10.2 Å². The number of hydrogen-bond donors (Lipinski definition) is 1. The van der Waals surface area contributed by atoms with E-state index in [1.165, 1.54) is 7.05 Å². The van der Waals surface area contributed by atoms with E-state index < -0.39 is 17.9 Å². The first kappa shape index (κ1) is 19.7. The maximum atomic E-state index is 12.8. The molecule has 2 aliphatic rings. The Hall–Kier alpha value is -3.03. The molecule has 0 bridgehead atoms. The summed E-state index contributed by atoms with van der Waals surface area (Å²) in [4.78, 5) is 62.4. The van der Waals surface area contributed by atoms with E-state index in [-0.39, 0.29) is 35.8 Å². The molecule has 0 radical (unpaired) electrons. The molecule has 148 valence electrons. The van der Waals surface area contributed by atoms with Crippen molar-refractivity contribution in [1.29, 1.82) is 0 Å². The lowest BCUT2D eigenvalue weighted by Crippen LogP contribution is -2.41. The summed E-state index contributed by atoms with van der Waals surface area (Å²) >= 11 is 0. The summed E-state index contributed by atoms with van der Waals surface area (Å²) in [6.45, 7) is 1.41. The van der Waals surface area contributed by atoms with Crippen LogP contribution in [0.15, 0.2) is 18.2 Å². The summed E-state index contributed by atoms with van der Waals surface area (Å²) in [5.74, 6) is -1.22. The van der Waals surface area contributed by atoms with Gasteiger partial charge in [-0.1, -0.05) is 0 Å². The number of aldehydes is 2. The molecule has 28 heavy (non-hydrogen) atoms. The number of benzene rings is 1. The van der Waals surface area contributed by atoms with Gasteiger partial charge in [-0.25, -0.2) is 0 Å². The van der Waals surface area contributed by atoms with Crippen molar-refractivity contribution in [2.75, 3.05) is 25.0 Å². The number of anilines is 1. The Morgan fingerprint density at radius 3 is 2.46 bits per heavy atom. The monoisotopic (exact) mass is 385 g/mol. The third-order valence-corrected chi connectivity index (χ3v) is 5.43. The van der Waals surface area contributed by atoms with Crippen molar-refractivity contribution in [3.63, 3.8) is 0 Å². The number of hydrogen-bond acceptors (Lipinski definition) is 6. The SMILES string of the molecule is CNC(=O)CCC(C=O)N1C(=O)c2ccc(N3CCC(C=O)CC3)cc2C1=O. The second-order valence-electron chi connectivity index (χ2n) is 7.09. The van der Waals surface area contributed by atoms with E-state index in [0.29, 0.717) is 19.4 Å². The third kappa shape index (κ3) is 3.67. The van der Waals surface area contributed by atoms with Gasteiger partial charge in [0.1, 0.15) is 12.6 Å². The minimum Gasteiger partial charge on any atom is -0.371 e. The van der Waals surface area contributed by atoms with Crippen LogP contribution >= 0.6 is 0 Å². The summed E-state index contributed by atoms with van der Waals surface area (Å²) < 4.78 is 0. The van der Waals surface area contributed by atoms with E-state index in [4.69, 9.17) is 0 Å². The lowest BCUT2D eigenvalue weighted by Gasteiger charge is -2.31. The number of carbonyl (C=O) groups is 5. The van der Waals surface area contributed by atoms with Gasteiger partial charge in [-0.2, -0.15) is 0 Å². The van der Waals surface area contributed by atoms with Crippen molar-refractivity contribution in [3.8, 4) is 0 Å². The Morgan fingerprint density at radius 1 is 1.18 bits per heavy atom. The first-order valence-corrected chi connectivity index (χ1v) is 9.38. The van der Waals surface area contributed by atoms with Gasteiger partial charge in [-0.15, -0.1) is 0 Å². The topological polar surface area (TPSA) is 104 Å². The molecule has 3 amide bonds. The van der Waals surface area contributed by atoms with Crippen LogP contribution in [0.25, 0.3) is 0 Å². The quantitative estimate of drug-likeness (QED) is 0.550. The molecular formula is C20H23N3O5.